The summed E-state index contributed by atoms with van der Waals surface area (Å²) in [5.74, 6) is -4.52. The molecular formula is C20H25N3O9S. The summed E-state index contributed by atoms with van der Waals surface area (Å²) < 4.78 is 25.7. The first-order valence-corrected chi connectivity index (χ1v) is 11.6. The molecule has 4 N–H and O–H groups in total. The number of nitrogens with one attached hydrogen (secondary N) is 2. The van der Waals surface area contributed by atoms with Gasteiger partial charge in [-0.15, -0.1) is 0 Å². The van der Waals surface area contributed by atoms with Crippen molar-refractivity contribution < 1.29 is 42.6 Å². The summed E-state index contributed by atoms with van der Waals surface area (Å²) in [5, 5.41) is 22.3. The number of hydrogen-bond donors (Lipinski definition) is 4. The molecule has 13 heteroatoms. The van der Waals surface area contributed by atoms with E-state index in [2.05, 4.69) is 10.6 Å². The second kappa shape index (κ2) is 10.9. The van der Waals surface area contributed by atoms with E-state index in [1.807, 2.05) is 0 Å². The highest BCUT2D eigenvalue weighted by Gasteiger charge is 2.40. The van der Waals surface area contributed by atoms with Gasteiger partial charge in [0.25, 0.3) is 15.9 Å². The zero-order valence-corrected chi connectivity index (χ0v) is 18.6. The summed E-state index contributed by atoms with van der Waals surface area (Å²) in [5.41, 5.74) is 0.109. The van der Waals surface area contributed by atoms with Crippen molar-refractivity contribution >= 4 is 39.7 Å². The molecule has 1 aliphatic heterocycles. The van der Waals surface area contributed by atoms with Gasteiger partial charge in [0.2, 0.25) is 11.8 Å². The molecule has 3 amide bonds. The average Bonchev–Trinajstić information content (AvgIpc) is 2.93. The van der Waals surface area contributed by atoms with Crippen LogP contribution in [0.5, 0.6) is 0 Å². The zero-order valence-electron chi connectivity index (χ0n) is 17.8. The molecule has 2 atom stereocenters. The van der Waals surface area contributed by atoms with Crippen LogP contribution in [0, 0.1) is 0 Å². The lowest BCUT2D eigenvalue weighted by Gasteiger charge is -2.18. The van der Waals surface area contributed by atoms with Gasteiger partial charge in [-0.1, -0.05) is 12.1 Å². The minimum Gasteiger partial charge on any atom is -0.481 e. The van der Waals surface area contributed by atoms with E-state index in [4.69, 9.17) is 10.2 Å². The molecule has 1 aromatic rings. The maximum atomic E-state index is 12.5. The molecule has 12 nitrogen and oxygen atoms in total. The maximum Gasteiger partial charge on any atom is 0.326 e. The van der Waals surface area contributed by atoms with Gasteiger partial charge < -0.3 is 20.8 Å². The minimum atomic E-state index is -3.91. The maximum absolute atomic E-state index is 12.5. The number of hydrogen-bond acceptors (Lipinski definition) is 7. The molecule has 0 saturated heterocycles. The van der Waals surface area contributed by atoms with Gasteiger partial charge in [-0.05, 0) is 38.3 Å². The SMILES string of the molecule is C[C@H](NC(=O)CCCCN1C(=O)c2ccccc2S1(=O)=O)C(=O)N[C@H](CCC(=O)O)C(=O)O. The van der Waals surface area contributed by atoms with E-state index in [0.717, 1.165) is 4.31 Å². The number of benzene rings is 1. The lowest BCUT2D eigenvalue weighted by molar-refractivity contribution is -0.143. The second-order valence-electron chi connectivity index (χ2n) is 7.46. The topological polar surface area (TPSA) is 187 Å². The number of nitrogens with zero attached hydrogens (tertiary/aromatic N) is 1. The number of carbonyl (C=O) groups is 5. The molecule has 0 aliphatic carbocycles. The van der Waals surface area contributed by atoms with Gasteiger partial charge in [0.15, 0.2) is 0 Å². The van der Waals surface area contributed by atoms with E-state index in [1.165, 1.54) is 25.1 Å². The molecule has 0 spiro atoms. The Morgan fingerprint density at radius 3 is 2.30 bits per heavy atom. The Morgan fingerprint density at radius 1 is 1.03 bits per heavy atom. The standard InChI is InChI=1S/C20H25N3O9S/c1-12(18(27)22-14(20(29)30)9-10-17(25)26)21-16(24)8-4-5-11-23-19(28)13-6-2-3-7-15(13)33(23,31)32/h2-3,6-7,12,14H,4-5,8-11H2,1H3,(H,21,24)(H,22,27)(H,25,26)(H,29,30)/t12-,14+/m0/s1. The van der Waals surface area contributed by atoms with Gasteiger partial charge in [0, 0.05) is 19.4 Å². The molecule has 0 aromatic heterocycles. The quantitative estimate of drug-likeness (QED) is 0.295. The lowest BCUT2D eigenvalue weighted by Crippen LogP contribution is -2.50. The number of sulfonamides is 1. The summed E-state index contributed by atoms with van der Waals surface area (Å²) in [7, 11) is -3.91. The van der Waals surface area contributed by atoms with Gasteiger partial charge in [0.05, 0.1) is 5.56 Å². The smallest absolute Gasteiger partial charge is 0.326 e. The lowest BCUT2D eigenvalue weighted by atomic mass is 10.1. The number of carbonyl (C=O) groups excluding carboxylic acids is 3. The third-order valence-corrected chi connectivity index (χ3v) is 6.80. The molecule has 0 radical (unpaired) electrons. The highest BCUT2D eigenvalue weighted by atomic mass is 32.2. The Balaban J connectivity index is 1.78. The number of amides is 3. The fourth-order valence-corrected chi connectivity index (χ4v) is 4.80. The van der Waals surface area contributed by atoms with Gasteiger partial charge >= 0.3 is 11.9 Å². The largest absolute Gasteiger partial charge is 0.481 e. The van der Waals surface area contributed by atoms with Crippen LogP contribution in [0.4, 0.5) is 0 Å². The van der Waals surface area contributed by atoms with Crippen molar-refractivity contribution in [3.63, 3.8) is 0 Å². The van der Waals surface area contributed by atoms with Crippen molar-refractivity contribution in [3.8, 4) is 0 Å². The molecule has 180 valence electrons. The fraction of sp³-hybridized carbons (Fsp3) is 0.450. The van der Waals surface area contributed by atoms with E-state index in [9.17, 15) is 32.4 Å². The van der Waals surface area contributed by atoms with Crippen molar-refractivity contribution in [2.75, 3.05) is 6.54 Å². The molecule has 0 unspecified atom stereocenters. The molecule has 0 bridgehead atoms. The van der Waals surface area contributed by atoms with E-state index in [-0.39, 0.29) is 42.7 Å². The Kier molecular flexibility index (Phi) is 8.51. The van der Waals surface area contributed by atoms with Crippen molar-refractivity contribution in [2.24, 2.45) is 0 Å². The molecule has 0 fully saturated rings. The van der Waals surface area contributed by atoms with E-state index >= 15 is 0 Å². The Bertz CT molecular complexity index is 1050. The molecule has 1 aliphatic rings. The van der Waals surface area contributed by atoms with Gasteiger partial charge in [-0.2, -0.15) is 0 Å². The highest BCUT2D eigenvalue weighted by Crippen LogP contribution is 2.30. The summed E-state index contributed by atoms with van der Waals surface area (Å²) in [6.45, 7) is 1.25. The first-order valence-electron chi connectivity index (χ1n) is 10.2. The van der Waals surface area contributed by atoms with E-state index in [0.29, 0.717) is 0 Å². The van der Waals surface area contributed by atoms with Crippen LogP contribution in [-0.2, 0) is 29.2 Å². The van der Waals surface area contributed by atoms with E-state index < -0.39 is 58.2 Å². The number of unbranched alkanes of at least 4 members (excludes halogenated alkanes) is 1. The first kappa shape index (κ1) is 25.8. The van der Waals surface area contributed by atoms with Crippen LogP contribution in [-0.4, -0.2) is 71.2 Å². The van der Waals surface area contributed by atoms with Crippen LogP contribution in [0.3, 0.4) is 0 Å². The second-order valence-corrected chi connectivity index (χ2v) is 9.29. The molecule has 33 heavy (non-hydrogen) atoms. The van der Waals surface area contributed by atoms with Crippen LogP contribution < -0.4 is 10.6 Å². The number of rotatable bonds is 12. The normalized spacial score (nSPS) is 15.9. The van der Waals surface area contributed by atoms with Gasteiger partial charge in [-0.3, -0.25) is 19.2 Å². The average molecular weight is 483 g/mol. The van der Waals surface area contributed by atoms with Gasteiger partial charge in [0.1, 0.15) is 17.0 Å². The summed E-state index contributed by atoms with van der Waals surface area (Å²) in [6.07, 6.45) is -0.333. The Hall–Kier alpha value is -3.48. The summed E-state index contributed by atoms with van der Waals surface area (Å²) in [4.78, 5) is 58.2. The van der Waals surface area contributed by atoms with Crippen LogP contribution >= 0.6 is 0 Å². The van der Waals surface area contributed by atoms with Crippen LogP contribution in [0.15, 0.2) is 29.2 Å². The number of carboxylic acid groups (broad SMARTS) is 2. The van der Waals surface area contributed by atoms with Crippen LogP contribution in [0.1, 0.15) is 49.4 Å². The van der Waals surface area contributed by atoms with Gasteiger partial charge in [-0.25, -0.2) is 17.5 Å². The summed E-state index contributed by atoms with van der Waals surface area (Å²) in [6, 6.07) is 3.42. The first-order chi connectivity index (χ1) is 15.4. The predicted octanol–water partition coefficient (Wildman–Crippen LogP) is -0.0597. The Labute approximate surface area is 190 Å². The number of carboxylic acids is 2. The third kappa shape index (κ3) is 6.51. The van der Waals surface area contributed by atoms with Crippen molar-refractivity contribution in [1.29, 1.82) is 0 Å². The molecular weight excluding hydrogens is 458 g/mol. The van der Waals surface area contributed by atoms with Crippen molar-refractivity contribution in [1.82, 2.24) is 14.9 Å². The predicted molar refractivity (Wildman–Crippen MR) is 113 cm³/mol. The van der Waals surface area contributed by atoms with Crippen LogP contribution in [0.2, 0.25) is 0 Å². The monoisotopic (exact) mass is 483 g/mol. The molecule has 1 aromatic carbocycles. The number of fused-ring (bicyclic) bond motifs is 1. The highest BCUT2D eigenvalue weighted by molar-refractivity contribution is 7.90. The van der Waals surface area contributed by atoms with Crippen molar-refractivity contribution in [3.05, 3.63) is 29.8 Å². The zero-order chi connectivity index (χ0) is 24.8. The number of aliphatic carboxylic acids is 2. The molecule has 0 saturated carbocycles. The molecule has 2 rings (SSSR count). The summed E-state index contributed by atoms with van der Waals surface area (Å²) >= 11 is 0. The molecule has 1 heterocycles. The van der Waals surface area contributed by atoms with E-state index in [1.54, 1.807) is 6.07 Å². The Morgan fingerprint density at radius 2 is 1.70 bits per heavy atom. The van der Waals surface area contributed by atoms with Crippen LogP contribution in [0.25, 0.3) is 0 Å². The third-order valence-electron chi connectivity index (χ3n) is 4.96. The van der Waals surface area contributed by atoms with Crippen molar-refractivity contribution in [2.45, 2.75) is 56.0 Å². The fourth-order valence-electron chi connectivity index (χ4n) is 3.19. The minimum absolute atomic E-state index is 0.0457.